The number of nitrogen functional groups attached to an aromatic ring is 1. The number of likely N-dealkylation sites (tertiary alicyclic amines) is 1. The Hall–Kier alpha value is -2.35. The zero-order valence-electron chi connectivity index (χ0n) is 15.2. The molecule has 0 radical (unpaired) electrons. The molecule has 1 fully saturated rings. The minimum Gasteiger partial charge on any atom is -0.382 e. The number of amides is 1. The summed E-state index contributed by atoms with van der Waals surface area (Å²) >= 11 is 0. The summed E-state index contributed by atoms with van der Waals surface area (Å²) in [4.78, 5) is 19.5. The van der Waals surface area contributed by atoms with E-state index in [4.69, 9.17) is 10.5 Å². The standard InChI is InChI=1S/C18H26N6O2/c1-26-15-9-14(11-23-7-5-16(19)21-23)24(12-15)18(25)8-13-10-22-6-3-2-4-17(22)20-13/h5,7,10,14-15H,2-4,6,8-9,11-12H2,1H3,(H2,19,21)/t14-,15+/m0/s1. The first-order chi connectivity index (χ1) is 12.6. The number of nitrogens with two attached hydrogens (primary N) is 1. The molecule has 0 bridgehead atoms. The highest BCUT2D eigenvalue weighted by Crippen LogP contribution is 2.23. The fourth-order valence-electron chi connectivity index (χ4n) is 4.03. The van der Waals surface area contributed by atoms with Crippen LogP contribution in [0.5, 0.6) is 0 Å². The van der Waals surface area contributed by atoms with Crippen molar-refractivity contribution in [3.05, 3.63) is 30.0 Å². The maximum absolute atomic E-state index is 13.0. The van der Waals surface area contributed by atoms with Gasteiger partial charge in [-0.25, -0.2) is 4.98 Å². The Kier molecular flexibility index (Phi) is 4.67. The van der Waals surface area contributed by atoms with Crippen LogP contribution >= 0.6 is 0 Å². The summed E-state index contributed by atoms with van der Waals surface area (Å²) in [5.41, 5.74) is 6.57. The number of aryl methyl sites for hydroxylation is 2. The zero-order valence-corrected chi connectivity index (χ0v) is 15.2. The lowest BCUT2D eigenvalue weighted by Crippen LogP contribution is -2.39. The van der Waals surface area contributed by atoms with E-state index in [1.165, 1.54) is 12.8 Å². The third-order valence-electron chi connectivity index (χ3n) is 5.38. The molecule has 0 unspecified atom stereocenters. The number of carbonyl (C=O) groups is 1. The fourth-order valence-corrected chi connectivity index (χ4v) is 4.03. The average Bonchev–Trinajstić information content (AvgIpc) is 3.32. The van der Waals surface area contributed by atoms with Crippen LogP contribution in [-0.2, 0) is 35.5 Å². The number of fused-ring (bicyclic) bond motifs is 1. The lowest BCUT2D eigenvalue weighted by Gasteiger charge is -2.24. The molecule has 26 heavy (non-hydrogen) atoms. The van der Waals surface area contributed by atoms with Crippen LogP contribution in [-0.4, -0.2) is 55.9 Å². The normalized spacial score (nSPS) is 22.6. The fraction of sp³-hybridized carbons (Fsp3) is 0.611. The number of hydrogen-bond acceptors (Lipinski definition) is 5. The van der Waals surface area contributed by atoms with E-state index in [2.05, 4.69) is 14.6 Å². The zero-order chi connectivity index (χ0) is 18.1. The van der Waals surface area contributed by atoms with Gasteiger partial charge in [-0.1, -0.05) is 0 Å². The smallest absolute Gasteiger partial charge is 0.229 e. The molecule has 0 aliphatic carbocycles. The molecule has 2 aliphatic rings. The molecule has 8 heteroatoms. The van der Waals surface area contributed by atoms with Gasteiger partial charge in [0.05, 0.1) is 30.8 Å². The SMILES string of the molecule is CO[C@@H]1C[C@@H](Cn2ccc(N)n2)N(C(=O)Cc2cn3c(n2)CCCC3)C1. The second kappa shape index (κ2) is 7.11. The van der Waals surface area contributed by atoms with Crippen molar-refractivity contribution in [2.45, 2.75) is 57.3 Å². The van der Waals surface area contributed by atoms with Crippen LogP contribution in [0.2, 0.25) is 0 Å². The van der Waals surface area contributed by atoms with Crippen molar-refractivity contribution in [3.8, 4) is 0 Å². The van der Waals surface area contributed by atoms with Gasteiger partial charge in [-0.3, -0.25) is 9.48 Å². The van der Waals surface area contributed by atoms with Crippen molar-refractivity contribution < 1.29 is 9.53 Å². The first kappa shape index (κ1) is 17.1. The minimum absolute atomic E-state index is 0.0592. The second-order valence-electron chi connectivity index (χ2n) is 7.23. The largest absolute Gasteiger partial charge is 0.382 e. The number of methoxy groups -OCH3 is 1. The number of anilines is 1. The van der Waals surface area contributed by atoms with Gasteiger partial charge in [0.15, 0.2) is 0 Å². The number of carbonyl (C=O) groups excluding carboxylic acids is 1. The maximum Gasteiger partial charge on any atom is 0.229 e. The molecule has 1 amide bonds. The van der Waals surface area contributed by atoms with Crippen molar-refractivity contribution in [1.82, 2.24) is 24.2 Å². The van der Waals surface area contributed by atoms with Gasteiger partial charge >= 0.3 is 0 Å². The first-order valence-corrected chi connectivity index (χ1v) is 9.28. The highest BCUT2D eigenvalue weighted by molar-refractivity contribution is 5.79. The first-order valence-electron chi connectivity index (χ1n) is 9.28. The van der Waals surface area contributed by atoms with Crippen molar-refractivity contribution in [1.29, 1.82) is 0 Å². The number of ether oxygens (including phenoxy) is 1. The van der Waals surface area contributed by atoms with E-state index in [1.807, 2.05) is 17.3 Å². The Bertz CT molecular complexity index is 759. The van der Waals surface area contributed by atoms with Crippen LogP contribution in [0.3, 0.4) is 0 Å². The molecular weight excluding hydrogens is 332 g/mol. The predicted molar refractivity (Wildman–Crippen MR) is 96.4 cm³/mol. The quantitative estimate of drug-likeness (QED) is 0.856. The number of nitrogens with zero attached hydrogens (tertiary/aromatic N) is 5. The van der Waals surface area contributed by atoms with Crippen molar-refractivity contribution >= 4 is 11.7 Å². The van der Waals surface area contributed by atoms with Gasteiger partial charge in [0.1, 0.15) is 11.6 Å². The minimum atomic E-state index is 0.0592. The Morgan fingerprint density at radius 1 is 1.42 bits per heavy atom. The van der Waals surface area contributed by atoms with E-state index in [-0.39, 0.29) is 18.1 Å². The van der Waals surface area contributed by atoms with E-state index in [9.17, 15) is 4.79 Å². The van der Waals surface area contributed by atoms with Crippen LogP contribution in [0.1, 0.15) is 30.8 Å². The maximum atomic E-state index is 13.0. The summed E-state index contributed by atoms with van der Waals surface area (Å²) in [5, 5.41) is 4.25. The molecule has 1 saturated heterocycles. The average molecular weight is 358 g/mol. The van der Waals surface area contributed by atoms with Crippen molar-refractivity contribution in [2.75, 3.05) is 19.4 Å². The molecule has 140 valence electrons. The van der Waals surface area contributed by atoms with Gasteiger partial charge < -0.3 is 19.9 Å². The Morgan fingerprint density at radius 2 is 2.31 bits per heavy atom. The summed E-state index contributed by atoms with van der Waals surface area (Å²) < 4.78 is 9.50. The topological polar surface area (TPSA) is 91.2 Å². The summed E-state index contributed by atoms with van der Waals surface area (Å²) in [6, 6.07) is 1.83. The van der Waals surface area contributed by atoms with Crippen LogP contribution in [0.15, 0.2) is 18.5 Å². The summed E-state index contributed by atoms with van der Waals surface area (Å²) in [5.74, 6) is 1.71. The van der Waals surface area contributed by atoms with E-state index >= 15 is 0 Å². The van der Waals surface area contributed by atoms with Crippen molar-refractivity contribution in [2.24, 2.45) is 0 Å². The molecule has 4 rings (SSSR count). The van der Waals surface area contributed by atoms with E-state index in [1.54, 1.807) is 17.9 Å². The van der Waals surface area contributed by atoms with E-state index in [0.29, 0.717) is 25.3 Å². The van der Waals surface area contributed by atoms with Gasteiger partial charge in [-0.05, 0) is 25.3 Å². The van der Waals surface area contributed by atoms with Crippen LogP contribution in [0.25, 0.3) is 0 Å². The van der Waals surface area contributed by atoms with Gasteiger partial charge in [-0.15, -0.1) is 0 Å². The van der Waals surface area contributed by atoms with Gasteiger partial charge in [0, 0.05) is 39.0 Å². The lowest BCUT2D eigenvalue weighted by atomic mass is 10.2. The Labute approximate surface area is 152 Å². The summed E-state index contributed by atoms with van der Waals surface area (Å²) in [7, 11) is 1.70. The molecule has 0 saturated carbocycles. The van der Waals surface area contributed by atoms with Gasteiger partial charge in [0.25, 0.3) is 0 Å². The van der Waals surface area contributed by atoms with E-state index < -0.39 is 0 Å². The number of hydrogen-bond donors (Lipinski definition) is 1. The van der Waals surface area contributed by atoms with E-state index in [0.717, 1.165) is 30.9 Å². The Morgan fingerprint density at radius 3 is 3.04 bits per heavy atom. The molecule has 2 aromatic rings. The molecule has 0 aromatic carbocycles. The van der Waals surface area contributed by atoms with Gasteiger partial charge in [0.2, 0.25) is 5.91 Å². The predicted octanol–water partition coefficient (Wildman–Crippen LogP) is 0.857. The number of rotatable bonds is 5. The lowest BCUT2D eigenvalue weighted by molar-refractivity contribution is -0.131. The van der Waals surface area contributed by atoms with Crippen LogP contribution in [0.4, 0.5) is 5.82 Å². The third kappa shape index (κ3) is 3.46. The highest BCUT2D eigenvalue weighted by atomic mass is 16.5. The molecule has 0 spiro atoms. The summed E-state index contributed by atoms with van der Waals surface area (Å²) in [6.07, 6.45) is 8.48. The highest BCUT2D eigenvalue weighted by Gasteiger charge is 2.35. The Balaban J connectivity index is 1.46. The number of aromatic nitrogens is 4. The molecule has 2 N–H and O–H groups in total. The third-order valence-corrected chi connectivity index (χ3v) is 5.38. The molecule has 2 aliphatic heterocycles. The summed E-state index contributed by atoms with van der Waals surface area (Å²) in [6.45, 7) is 2.25. The molecular formula is C18H26N6O2. The number of imidazole rings is 1. The monoisotopic (exact) mass is 358 g/mol. The second-order valence-corrected chi connectivity index (χ2v) is 7.23. The van der Waals surface area contributed by atoms with Crippen LogP contribution < -0.4 is 5.73 Å². The molecule has 2 aromatic heterocycles. The molecule has 4 heterocycles. The molecule has 8 nitrogen and oxygen atoms in total. The van der Waals surface area contributed by atoms with Crippen molar-refractivity contribution in [3.63, 3.8) is 0 Å². The van der Waals surface area contributed by atoms with Crippen LogP contribution in [0, 0.1) is 0 Å². The van der Waals surface area contributed by atoms with Gasteiger partial charge in [-0.2, -0.15) is 5.10 Å². The molecule has 2 atom stereocenters.